The van der Waals surface area contributed by atoms with Crippen LogP contribution in [0.2, 0.25) is 0 Å². The molecule has 6 heteroatoms. The first kappa shape index (κ1) is 17.4. The fourth-order valence-corrected chi connectivity index (χ4v) is 3.39. The normalized spacial score (nSPS) is 18.6. The van der Waals surface area contributed by atoms with Crippen molar-refractivity contribution in [3.05, 3.63) is 71.3 Å². The highest BCUT2D eigenvalue weighted by Gasteiger charge is 2.32. The van der Waals surface area contributed by atoms with Gasteiger partial charge < -0.3 is 10.0 Å². The molecule has 1 N–H and O–H groups in total. The van der Waals surface area contributed by atoms with Crippen LogP contribution in [0, 0.1) is 11.6 Å². The van der Waals surface area contributed by atoms with Crippen LogP contribution < -0.4 is 0 Å². The van der Waals surface area contributed by atoms with Crippen LogP contribution in [0.3, 0.4) is 0 Å². The van der Waals surface area contributed by atoms with Crippen molar-refractivity contribution in [1.82, 2.24) is 9.80 Å². The number of nitrogens with zero attached hydrogens (tertiary/aromatic N) is 2. The van der Waals surface area contributed by atoms with Crippen molar-refractivity contribution in [3.8, 4) is 0 Å². The van der Waals surface area contributed by atoms with E-state index in [-0.39, 0.29) is 23.7 Å². The van der Waals surface area contributed by atoms with E-state index in [1.54, 1.807) is 24.3 Å². The Bertz CT molecular complexity index is 689. The molecule has 132 valence electrons. The number of hydrogen-bond acceptors (Lipinski definition) is 2. The van der Waals surface area contributed by atoms with Gasteiger partial charge in [-0.05, 0) is 42.3 Å². The lowest BCUT2D eigenvalue weighted by Crippen LogP contribution is -2.54. The van der Waals surface area contributed by atoms with Gasteiger partial charge in [-0.15, -0.1) is 0 Å². The first-order valence-electron chi connectivity index (χ1n) is 8.20. The number of halogens is 2. The van der Waals surface area contributed by atoms with Crippen molar-refractivity contribution in [2.24, 2.45) is 0 Å². The van der Waals surface area contributed by atoms with E-state index in [0.29, 0.717) is 19.6 Å². The maximum atomic E-state index is 13.3. The van der Waals surface area contributed by atoms with Crippen LogP contribution in [0.5, 0.6) is 0 Å². The van der Waals surface area contributed by atoms with Crippen LogP contribution >= 0.6 is 0 Å². The fourth-order valence-electron chi connectivity index (χ4n) is 3.39. The number of benzene rings is 2. The standard InChI is InChI=1S/C19H20F2N2O2/c1-13-12-22(19(24)25)10-11-23(13)18(14-2-6-16(20)7-3-14)15-4-8-17(21)9-5-15/h2-9,13,18H,10-12H2,1H3,(H,24,25). The second kappa shape index (κ2) is 7.19. The molecule has 1 unspecified atom stereocenters. The van der Waals surface area contributed by atoms with Crippen molar-refractivity contribution < 1.29 is 18.7 Å². The number of rotatable bonds is 3. The zero-order valence-corrected chi connectivity index (χ0v) is 13.9. The molecule has 0 bridgehead atoms. The molecule has 2 aromatic carbocycles. The minimum Gasteiger partial charge on any atom is -0.465 e. The van der Waals surface area contributed by atoms with Gasteiger partial charge in [0, 0.05) is 25.7 Å². The van der Waals surface area contributed by atoms with Crippen molar-refractivity contribution in [3.63, 3.8) is 0 Å². The quantitative estimate of drug-likeness (QED) is 0.921. The molecule has 1 amide bonds. The summed E-state index contributed by atoms with van der Waals surface area (Å²) in [6, 6.07) is 12.3. The predicted molar refractivity (Wildman–Crippen MR) is 90.4 cm³/mol. The van der Waals surface area contributed by atoms with Gasteiger partial charge in [-0.1, -0.05) is 24.3 Å². The average molecular weight is 346 g/mol. The third-order valence-corrected chi connectivity index (χ3v) is 4.65. The lowest BCUT2D eigenvalue weighted by Gasteiger charge is -2.43. The summed E-state index contributed by atoms with van der Waals surface area (Å²) in [5.41, 5.74) is 1.78. The highest BCUT2D eigenvalue weighted by Crippen LogP contribution is 2.32. The van der Waals surface area contributed by atoms with Gasteiger partial charge in [0.25, 0.3) is 0 Å². The van der Waals surface area contributed by atoms with Crippen LogP contribution in [-0.2, 0) is 0 Å². The minimum absolute atomic E-state index is 0.0232. The molecule has 4 nitrogen and oxygen atoms in total. The molecule has 25 heavy (non-hydrogen) atoms. The Balaban J connectivity index is 1.95. The van der Waals surface area contributed by atoms with Gasteiger partial charge in [0.15, 0.2) is 0 Å². The lowest BCUT2D eigenvalue weighted by molar-refractivity contribution is 0.0583. The van der Waals surface area contributed by atoms with Crippen LogP contribution in [-0.4, -0.2) is 46.7 Å². The summed E-state index contributed by atoms with van der Waals surface area (Å²) in [7, 11) is 0. The number of piperazine rings is 1. The van der Waals surface area contributed by atoms with Crippen LogP contribution in [0.4, 0.5) is 13.6 Å². The van der Waals surface area contributed by atoms with Gasteiger partial charge >= 0.3 is 6.09 Å². The maximum absolute atomic E-state index is 13.3. The molecule has 3 rings (SSSR count). The Labute approximate surface area is 145 Å². The third kappa shape index (κ3) is 3.79. The molecular formula is C19H20F2N2O2. The summed E-state index contributed by atoms with van der Waals surface area (Å²) in [6.45, 7) is 3.31. The zero-order valence-electron chi connectivity index (χ0n) is 13.9. The van der Waals surface area contributed by atoms with Crippen LogP contribution in [0.15, 0.2) is 48.5 Å². The van der Waals surface area contributed by atoms with Gasteiger partial charge in [-0.3, -0.25) is 4.90 Å². The summed E-state index contributed by atoms with van der Waals surface area (Å²) in [5, 5.41) is 9.20. The predicted octanol–water partition coefficient (Wildman–Crippen LogP) is 3.74. The minimum atomic E-state index is -0.924. The molecule has 1 atom stereocenters. The van der Waals surface area contributed by atoms with Crippen molar-refractivity contribution in [2.45, 2.75) is 19.0 Å². The first-order valence-corrected chi connectivity index (χ1v) is 8.20. The van der Waals surface area contributed by atoms with Gasteiger partial charge in [0.05, 0.1) is 6.04 Å². The topological polar surface area (TPSA) is 43.8 Å². The van der Waals surface area contributed by atoms with E-state index in [2.05, 4.69) is 4.90 Å². The van der Waals surface area contributed by atoms with Gasteiger partial charge in [0.2, 0.25) is 0 Å². The largest absolute Gasteiger partial charge is 0.465 e. The third-order valence-electron chi connectivity index (χ3n) is 4.65. The fraction of sp³-hybridized carbons (Fsp3) is 0.316. The molecule has 1 heterocycles. The summed E-state index contributed by atoms with van der Waals surface area (Å²) < 4.78 is 26.7. The highest BCUT2D eigenvalue weighted by atomic mass is 19.1. The van der Waals surface area contributed by atoms with E-state index in [9.17, 15) is 18.7 Å². The Kier molecular flexibility index (Phi) is 4.99. The van der Waals surface area contributed by atoms with E-state index in [0.717, 1.165) is 11.1 Å². The van der Waals surface area contributed by atoms with Crippen LogP contribution in [0.1, 0.15) is 24.1 Å². The molecule has 0 radical (unpaired) electrons. The second-order valence-corrected chi connectivity index (χ2v) is 6.32. The average Bonchev–Trinajstić information content (AvgIpc) is 2.59. The summed E-state index contributed by atoms with van der Waals surface area (Å²) in [6.07, 6.45) is -0.924. The highest BCUT2D eigenvalue weighted by molar-refractivity contribution is 5.65. The Morgan fingerprint density at radius 3 is 1.88 bits per heavy atom. The van der Waals surface area contributed by atoms with Crippen molar-refractivity contribution >= 4 is 6.09 Å². The van der Waals surface area contributed by atoms with E-state index >= 15 is 0 Å². The maximum Gasteiger partial charge on any atom is 0.407 e. The molecule has 0 aliphatic carbocycles. The SMILES string of the molecule is CC1CN(C(=O)O)CCN1C(c1ccc(F)cc1)c1ccc(F)cc1. The summed E-state index contributed by atoms with van der Waals surface area (Å²) in [4.78, 5) is 14.8. The monoisotopic (exact) mass is 346 g/mol. The zero-order chi connectivity index (χ0) is 18.0. The van der Waals surface area contributed by atoms with E-state index in [1.165, 1.54) is 29.2 Å². The van der Waals surface area contributed by atoms with Gasteiger partial charge in [0.1, 0.15) is 11.6 Å². The summed E-state index contributed by atoms with van der Waals surface area (Å²) >= 11 is 0. The Morgan fingerprint density at radius 1 is 1.00 bits per heavy atom. The molecule has 2 aromatic rings. The van der Waals surface area contributed by atoms with Crippen molar-refractivity contribution in [2.75, 3.05) is 19.6 Å². The lowest BCUT2D eigenvalue weighted by atomic mass is 9.94. The molecule has 0 aromatic heterocycles. The van der Waals surface area contributed by atoms with E-state index < -0.39 is 6.09 Å². The number of carbonyl (C=O) groups is 1. The van der Waals surface area contributed by atoms with Crippen LogP contribution in [0.25, 0.3) is 0 Å². The molecule has 1 aliphatic rings. The molecule has 0 spiro atoms. The number of hydrogen-bond donors (Lipinski definition) is 1. The van der Waals surface area contributed by atoms with Gasteiger partial charge in [-0.25, -0.2) is 13.6 Å². The van der Waals surface area contributed by atoms with Gasteiger partial charge in [-0.2, -0.15) is 0 Å². The number of carboxylic acid groups (broad SMARTS) is 1. The smallest absolute Gasteiger partial charge is 0.407 e. The molecule has 1 saturated heterocycles. The number of amides is 1. The molecule has 1 fully saturated rings. The molecule has 1 aliphatic heterocycles. The Morgan fingerprint density at radius 2 is 1.48 bits per heavy atom. The Hall–Kier alpha value is -2.47. The summed E-state index contributed by atoms with van der Waals surface area (Å²) in [5.74, 6) is -0.629. The molecular weight excluding hydrogens is 326 g/mol. The first-order chi connectivity index (χ1) is 12.0. The van der Waals surface area contributed by atoms with Crippen molar-refractivity contribution in [1.29, 1.82) is 0 Å². The van der Waals surface area contributed by atoms with E-state index in [1.807, 2.05) is 6.92 Å². The van der Waals surface area contributed by atoms with E-state index in [4.69, 9.17) is 0 Å². The second-order valence-electron chi connectivity index (χ2n) is 6.32. The molecule has 0 saturated carbocycles.